The lowest BCUT2D eigenvalue weighted by molar-refractivity contribution is -0.137. The standard InChI is InChI=1S/C15H16F3N5/c16-15(17,18)12-2-3-13(21-10-12)22-6-1-7-23(9-8-22)14-11-19-4-5-20-14/h2-5,10-11H,1,6-9H2. The summed E-state index contributed by atoms with van der Waals surface area (Å²) in [5.41, 5.74) is -0.725. The van der Waals surface area contributed by atoms with Gasteiger partial charge in [-0.15, -0.1) is 0 Å². The average molecular weight is 323 g/mol. The first-order valence-corrected chi connectivity index (χ1v) is 7.33. The summed E-state index contributed by atoms with van der Waals surface area (Å²) in [6.07, 6.45) is 2.40. The molecule has 0 radical (unpaired) electrons. The molecule has 1 fully saturated rings. The molecule has 0 saturated carbocycles. The summed E-state index contributed by atoms with van der Waals surface area (Å²) in [4.78, 5) is 16.4. The lowest BCUT2D eigenvalue weighted by Gasteiger charge is -2.23. The molecular formula is C15H16F3N5. The molecule has 5 nitrogen and oxygen atoms in total. The van der Waals surface area contributed by atoms with Gasteiger partial charge in [-0.25, -0.2) is 9.97 Å². The van der Waals surface area contributed by atoms with E-state index < -0.39 is 11.7 Å². The molecule has 1 saturated heterocycles. The van der Waals surface area contributed by atoms with Crippen LogP contribution in [0.5, 0.6) is 0 Å². The third kappa shape index (κ3) is 3.69. The van der Waals surface area contributed by atoms with E-state index in [0.29, 0.717) is 12.4 Å². The van der Waals surface area contributed by atoms with Crippen LogP contribution in [0.2, 0.25) is 0 Å². The summed E-state index contributed by atoms with van der Waals surface area (Å²) in [5, 5.41) is 0. The Morgan fingerprint density at radius 1 is 0.826 bits per heavy atom. The van der Waals surface area contributed by atoms with E-state index in [9.17, 15) is 13.2 Å². The molecule has 2 aromatic heterocycles. The summed E-state index contributed by atoms with van der Waals surface area (Å²) in [7, 11) is 0. The van der Waals surface area contributed by atoms with Gasteiger partial charge in [-0.1, -0.05) is 0 Å². The van der Waals surface area contributed by atoms with Crippen molar-refractivity contribution >= 4 is 11.6 Å². The molecule has 0 N–H and O–H groups in total. The smallest absolute Gasteiger partial charge is 0.355 e. The second kappa shape index (κ2) is 6.39. The Hall–Kier alpha value is -2.38. The molecule has 0 amide bonds. The molecule has 122 valence electrons. The van der Waals surface area contributed by atoms with Gasteiger partial charge in [0.2, 0.25) is 0 Å². The first-order valence-electron chi connectivity index (χ1n) is 7.33. The summed E-state index contributed by atoms with van der Waals surface area (Å²) >= 11 is 0. The Bertz CT molecular complexity index is 630. The van der Waals surface area contributed by atoms with Gasteiger partial charge in [0.1, 0.15) is 11.6 Å². The van der Waals surface area contributed by atoms with E-state index in [1.54, 1.807) is 18.6 Å². The number of hydrogen-bond donors (Lipinski definition) is 0. The second-order valence-electron chi connectivity index (χ2n) is 5.29. The highest BCUT2D eigenvalue weighted by Crippen LogP contribution is 2.29. The lowest BCUT2D eigenvalue weighted by Crippen LogP contribution is -2.31. The molecule has 1 aliphatic heterocycles. The van der Waals surface area contributed by atoms with Crippen molar-refractivity contribution in [2.45, 2.75) is 12.6 Å². The molecule has 23 heavy (non-hydrogen) atoms. The van der Waals surface area contributed by atoms with Gasteiger partial charge in [0, 0.05) is 44.8 Å². The topological polar surface area (TPSA) is 45.2 Å². The predicted molar refractivity (Wildman–Crippen MR) is 80.3 cm³/mol. The Labute approximate surface area is 131 Å². The molecule has 2 aromatic rings. The van der Waals surface area contributed by atoms with Gasteiger partial charge < -0.3 is 9.80 Å². The maximum Gasteiger partial charge on any atom is 0.417 e. The zero-order chi connectivity index (χ0) is 16.3. The van der Waals surface area contributed by atoms with Gasteiger partial charge >= 0.3 is 6.18 Å². The van der Waals surface area contributed by atoms with Crippen molar-refractivity contribution in [1.29, 1.82) is 0 Å². The molecule has 8 heteroatoms. The minimum Gasteiger partial charge on any atom is -0.355 e. The summed E-state index contributed by atoms with van der Waals surface area (Å²) < 4.78 is 37.8. The predicted octanol–water partition coefficient (Wildman–Crippen LogP) is 2.61. The largest absolute Gasteiger partial charge is 0.417 e. The zero-order valence-corrected chi connectivity index (χ0v) is 12.4. The average Bonchev–Trinajstić information content (AvgIpc) is 2.81. The van der Waals surface area contributed by atoms with Gasteiger partial charge in [0.25, 0.3) is 0 Å². The lowest BCUT2D eigenvalue weighted by atomic mass is 10.2. The first-order chi connectivity index (χ1) is 11.0. The van der Waals surface area contributed by atoms with Crippen molar-refractivity contribution in [1.82, 2.24) is 15.0 Å². The Balaban J connectivity index is 1.68. The molecule has 0 unspecified atom stereocenters. The van der Waals surface area contributed by atoms with Gasteiger partial charge in [-0.05, 0) is 18.6 Å². The van der Waals surface area contributed by atoms with Crippen LogP contribution < -0.4 is 9.80 Å². The molecule has 3 heterocycles. The fourth-order valence-electron chi connectivity index (χ4n) is 2.57. The van der Waals surface area contributed by atoms with Crippen LogP contribution in [-0.4, -0.2) is 41.1 Å². The maximum absolute atomic E-state index is 12.6. The Morgan fingerprint density at radius 2 is 1.57 bits per heavy atom. The van der Waals surface area contributed by atoms with Crippen LogP contribution in [0.25, 0.3) is 0 Å². The third-order valence-corrected chi connectivity index (χ3v) is 3.77. The van der Waals surface area contributed by atoms with Crippen molar-refractivity contribution < 1.29 is 13.2 Å². The molecule has 0 atom stereocenters. The van der Waals surface area contributed by atoms with E-state index in [1.807, 2.05) is 4.90 Å². The highest BCUT2D eigenvalue weighted by atomic mass is 19.4. The van der Waals surface area contributed by atoms with Crippen molar-refractivity contribution in [2.24, 2.45) is 0 Å². The maximum atomic E-state index is 12.6. The summed E-state index contributed by atoms with van der Waals surface area (Å²) in [6, 6.07) is 2.51. The number of pyridine rings is 1. The zero-order valence-electron chi connectivity index (χ0n) is 12.4. The van der Waals surface area contributed by atoms with E-state index in [4.69, 9.17) is 0 Å². The normalized spacial score (nSPS) is 16.3. The third-order valence-electron chi connectivity index (χ3n) is 3.77. The van der Waals surface area contributed by atoms with Crippen molar-refractivity contribution in [3.8, 4) is 0 Å². The molecule has 0 aromatic carbocycles. The van der Waals surface area contributed by atoms with Crippen LogP contribution in [-0.2, 0) is 6.18 Å². The Morgan fingerprint density at radius 3 is 2.13 bits per heavy atom. The van der Waals surface area contributed by atoms with E-state index in [1.165, 1.54) is 6.07 Å². The van der Waals surface area contributed by atoms with Crippen LogP contribution in [0, 0.1) is 0 Å². The fourth-order valence-corrected chi connectivity index (χ4v) is 2.57. The highest BCUT2D eigenvalue weighted by molar-refractivity contribution is 5.42. The molecule has 3 rings (SSSR count). The number of rotatable bonds is 2. The Kier molecular flexibility index (Phi) is 4.31. The number of halogens is 3. The van der Waals surface area contributed by atoms with Gasteiger partial charge in [0.05, 0.1) is 11.8 Å². The number of hydrogen-bond acceptors (Lipinski definition) is 5. The van der Waals surface area contributed by atoms with Gasteiger partial charge in [0.15, 0.2) is 0 Å². The van der Waals surface area contributed by atoms with Crippen LogP contribution in [0.1, 0.15) is 12.0 Å². The first kappa shape index (κ1) is 15.5. The monoisotopic (exact) mass is 323 g/mol. The number of alkyl halides is 3. The molecule has 0 bridgehead atoms. The van der Waals surface area contributed by atoms with Crippen molar-refractivity contribution in [3.05, 3.63) is 42.5 Å². The van der Waals surface area contributed by atoms with Crippen LogP contribution in [0.15, 0.2) is 36.9 Å². The van der Waals surface area contributed by atoms with Crippen molar-refractivity contribution in [2.75, 3.05) is 36.0 Å². The second-order valence-corrected chi connectivity index (χ2v) is 5.29. The fraction of sp³-hybridized carbons (Fsp3) is 0.400. The van der Waals surface area contributed by atoms with Crippen LogP contribution >= 0.6 is 0 Å². The summed E-state index contributed by atoms with van der Waals surface area (Å²) in [5.74, 6) is 1.38. The van der Waals surface area contributed by atoms with E-state index >= 15 is 0 Å². The van der Waals surface area contributed by atoms with Crippen molar-refractivity contribution in [3.63, 3.8) is 0 Å². The number of aromatic nitrogens is 3. The van der Waals surface area contributed by atoms with E-state index in [2.05, 4.69) is 19.9 Å². The molecular weight excluding hydrogens is 307 g/mol. The van der Waals surface area contributed by atoms with Gasteiger partial charge in [-0.2, -0.15) is 13.2 Å². The van der Waals surface area contributed by atoms with E-state index in [0.717, 1.165) is 44.1 Å². The highest BCUT2D eigenvalue weighted by Gasteiger charge is 2.31. The van der Waals surface area contributed by atoms with E-state index in [-0.39, 0.29) is 0 Å². The van der Waals surface area contributed by atoms with Gasteiger partial charge in [-0.3, -0.25) is 4.98 Å². The number of nitrogens with zero attached hydrogens (tertiary/aromatic N) is 5. The minimum atomic E-state index is -4.35. The quantitative estimate of drug-likeness (QED) is 0.850. The van der Waals surface area contributed by atoms with Crippen LogP contribution in [0.3, 0.4) is 0 Å². The molecule has 0 spiro atoms. The molecule has 0 aliphatic carbocycles. The summed E-state index contributed by atoms with van der Waals surface area (Å²) in [6.45, 7) is 2.97. The van der Waals surface area contributed by atoms with Crippen LogP contribution in [0.4, 0.5) is 24.8 Å². The number of anilines is 2. The molecule has 1 aliphatic rings. The SMILES string of the molecule is FC(F)(F)c1ccc(N2CCCN(c3cnccn3)CC2)nc1. The minimum absolute atomic E-state index is 0.569.